The van der Waals surface area contributed by atoms with Crippen LogP contribution < -0.4 is 11.2 Å². The molecule has 12 heteroatoms. The van der Waals surface area contributed by atoms with E-state index in [0.29, 0.717) is 11.4 Å². The van der Waals surface area contributed by atoms with Gasteiger partial charge in [-0.15, -0.1) is 16.9 Å². The Balaban J connectivity index is 1.59. The van der Waals surface area contributed by atoms with Crippen LogP contribution in [0.5, 0.6) is 0 Å². The number of hydrogen-bond donors (Lipinski definition) is 2. The molecular weight excluding hydrogens is 424 g/mol. The molecule has 3 heterocycles. The normalized spacial score (nSPS) is 11.2. The molecule has 0 atom stereocenters. The van der Waals surface area contributed by atoms with Crippen LogP contribution in [0, 0.1) is 6.92 Å². The maximum Gasteiger partial charge on any atom is 0.293 e. The number of nitrogens with zero attached hydrogens (tertiary/aromatic N) is 6. The molecule has 4 rings (SSSR count). The SMILES string of the molecule is Cc1ccc(SCc2c(C(=O)NN=Cc3ccsc3)nnn2-c2nonc2N)cc1. The van der Waals surface area contributed by atoms with Gasteiger partial charge in [-0.25, -0.2) is 10.1 Å². The first-order valence-corrected chi connectivity index (χ1v) is 10.6. The van der Waals surface area contributed by atoms with Crippen LogP contribution in [0.3, 0.4) is 0 Å². The van der Waals surface area contributed by atoms with Crippen LogP contribution in [0.25, 0.3) is 5.82 Å². The van der Waals surface area contributed by atoms with Gasteiger partial charge in [-0.2, -0.15) is 21.1 Å². The summed E-state index contributed by atoms with van der Waals surface area (Å²) in [7, 11) is 0. The fourth-order valence-electron chi connectivity index (χ4n) is 2.47. The van der Waals surface area contributed by atoms with Gasteiger partial charge in [0.05, 0.1) is 11.9 Å². The van der Waals surface area contributed by atoms with Crippen molar-refractivity contribution in [3.8, 4) is 5.82 Å². The van der Waals surface area contributed by atoms with E-state index in [1.54, 1.807) is 6.21 Å². The van der Waals surface area contributed by atoms with Gasteiger partial charge in [0.15, 0.2) is 5.69 Å². The molecule has 4 aromatic rings. The highest BCUT2D eigenvalue weighted by molar-refractivity contribution is 7.98. The number of nitrogens with two attached hydrogens (primary N) is 1. The van der Waals surface area contributed by atoms with Gasteiger partial charge < -0.3 is 5.73 Å². The van der Waals surface area contributed by atoms with Gasteiger partial charge in [-0.3, -0.25) is 4.79 Å². The average Bonchev–Trinajstić information content (AvgIpc) is 3.48. The lowest BCUT2D eigenvalue weighted by Gasteiger charge is -2.06. The summed E-state index contributed by atoms with van der Waals surface area (Å²) in [5, 5.41) is 23.2. The van der Waals surface area contributed by atoms with E-state index in [4.69, 9.17) is 5.73 Å². The molecule has 0 bridgehead atoms. The Bertz CT molecular complexity index is 1170. The number of nitrogens with one attached hydrogen (secondary N) is 1. The second kappa shape index (κ2) is 8.88. The Labute approximate surface area is 179 Å². The van der Waals surface area contributed by atoms with E-state index >= 15 is 0 Å². The van der Waals surface area contributed by atoms with Crippen molar-refractivity contribution in [1.29, 1.82) is 0 Å². The molecule has 3 N–H and O–H groups in total. The smallest absolute Gasteiger partial charge is 0.293 e. The third-order valence-corrected chi connectivity index (χ3v) is 5.72. The number of anilines is 1. The van der Waals surface area contributed by atoms with Crippen LogP contribution >= 0.6 is 23.1 Å². The first kappa shape index (κ1) is 19.8. The fraction of sp³-hybridized carbons (Fsp3) is 0.111. The lowest BCUT2D eigenvalue weighted by molar-refractivity contribution is 0.0949. The zero-order valence-corrected chi connectivity index (χ0v) is 17.4. The maximum absolute atomic E-state index is 12.7. The summed E-state index contributed by atoms with van der Waals surface area (Å²) in [5.74, 6) is 0.105. The molecule has 0 aliphatic rings. The van der Waals surface area contributed by atoms with Crippen molar-refractivity contribution in [1.82, 2.24) is 30.7 Å². The third-order valence-electron chi connectivity index (χ3n) is 3.99. The van der Waals surface area contributed by atoms with Gasteiger partial charge in [0, 0.05) is 16.2 Å². The van der Waals surface area contributed by atoms with E-state index in [9.17, 15) is 4.79 Å². The minimum atomic E-state index is -0.498. The Morgan fingerprint density at radius 1 is 1.33 bits per heavy atom. The van der Waals surface area contributed by atoms with Crippen LogP contribution in [0.4, 0.5) is 5.82 Å². The Hall–Kier alpha value is -3.51. The number of nitrogen functional groups attached to an aromatic ring is 1. The zero-order valence-electron chi connectivity index (χ0n) is 15.7. The lowest BCUT2D eigenvalue weighted by atomic mass is 10.2. The monoisotopic (exact) mass is 440 g/mol. The van der Waals surface area contributed by atoms with Crippen molar-refractivity contribution in [3.05, 3.63) is 63.6 Å². The average molecular weight is 441 g/mol. The largest absolute Gasteiger partial charge is 0.378 e. The first-order valence-electron chi connectivity index (χ1n) is 8.70. The minimum Gasteiger partial charge on any atom is -0.378 e. The molecule has 0 saturated heterocycles. The number of hydrogen-bond acceptors (Lipinski definition) is 10. The minimum absolute atomic E-state index is 0.0453. The molecule has 0 radical (unpaired) electrons. The van der Waals surface area contributed by atoms with E-state index in [0.717, 1.165) is 16.0 Å². The van der Waals surface area contributed by atoms with Gasteiger partial charge in [0.1, 0.15) is 0 Å². The quantitative estimate of drug-likeness (QED) is 0.254. The number of rotatable bonds is 7. The maximum atomic E-state index is 12.7. The second-order valence-corrected chi connectivity index (χ2v) is 7.96. The molecular formula is C18H16N8O2S2. The molecule has 3 aromatic heterocycles. The van der Waals surface area contributed by atoms with Crippen LogP contribution in [0.2, 0.25) is 0 Å². The number of thiophene rings is 1. The summed E-state index contributed by atoms with van der Waals surface area (Å²) in [6.07, 6.45) is 1.55. The summed E-state index contributed by atoms with van der Waals surface area (Å²) in [5.41, 5.74) is 10.9. The molecule has 0 spiro atoms. The van der Waals surface area contributed by atoms with Crippen LogP contribution in [0.15, 0.2) is 55.7 Å². The summed E-state index contributed by atoms with van der Waals surface area (Å²) in [4.78, 5) is 13.7. The first-order chi connectivity index (χ1) is 14.6. The molecule has 1 amide bonds. The van der Waals surface area contributed by atoms with E-state index in [1.165, 1.54) is 27.8 Å². The molecule has 0 aliphatic heterocycles. The molecule has 1 aromatic carbocycles. The van der Waals surface area contributed by atoms with Crippen molar-refractivity contribution in [2.24, 2.45) is 5.10 Å². The molecule has 30 heavy (non-hydrogen) atoms. The van der Waals surface area contributed by atoms with Crippen LogP contribution in [0.1, 0.15) is 27.3 Å². The predicted octanol–water partition coefficient (Wildman–Crippen LogP) is 2.66. The number of aryl methyl sites for hydroxylation is 1. The van der Waals surface area contributed by atoms with Crippen LogP contribution in [-0.4, -0.2) is 37.4 Å². The van der Waals surface area contributed by atoms with Crippen molar-refractivity contribution < 1.29 is 9.42 Å². The fourth-order valence-corrected chi connectivity index (χ4v) is 3.97. The molecule has 0 unspecified atom stereocenters. The van der Waals surface area contributed by atoms with E-state index in [2.05, 4.69) is 35.8 Å². The van der Waals surface area contributed by atoms with Gasteiger partial charge in [0.25, 0.3) is 5.91 Å². The topological polar surface area (TPSA) is 137 Å². The lowest BCUT2D eigenvalue weighted by Crippen LogP contribution is -2.20. The summed E-state index contributed by atoms with van der Waals surface area (Å²) < 4.78 is 6.01. The van der Waals surface area contributed by atoms with E-state index in [-0.39, 0.29) is 17.3 Å². The highest BCUT2D eigenvalue weighted by Gasteiger charge is 2.24. The van der Waals surface area contributed by atoms with Gasteiger partial charge in [-0.1, -0.05) is 22.9 Å². The van der Waals surface area contributed by atoms with Crippen LogP contribution in [-0.2, 0) is 5.75 Å². The number of hydrazone groups is 1. The van der Waals surface area contributed by atoms with Crippen molar-refractivity contribution >= 4 is 41.0 Å². The molecule has 10 nitrogen and oxygen atoms in total. The van der Waals surface area contributed by atoms with Crippen molar-refractivity contribution in [3.63, 3.8) is 0 Å². The highest BCUT2D eigenvalue weighted by atomic mass is 32.2. The number of carbonyl (C=O) groups excluding carboxylic acids is 1. The van der Waals surface area contributed by atoms with Crippen molar-refractivity contribution in [2.45, 2.75) is 17.6 Å². The third kappa shape index (κ3) is 4.39. The summed E-state index contributed by atoms with van der Waals surface area (Å²) in [6.45, 7) is 2.02. The zero-order chi connectivity index (χ0) is 20.9. The van der Waals surface area contributed by atoms with Gasteiger partial charge in [0.2, 0.25) is 11.6 Å². The standard InChI is InChI=1S/C18H16N8O2S2/c1-11-2-4-13(5-3-11)30-10-14-15(18(27)22-20-8-12-6-7-29-9-12)21-25-26(14)17-16(19)23-28-24-17/h2-9H,10H2,1H3,(H2,19,23)(H,22,27). The van der Waals surface area contributed by atoms with E-state index in [1.807, 2.05) is 48.0 Å². The Morgan fingerprint density at radius 2 is 2.17 bits per heavy atom. The number of carbonyl (C=O) groups is 1. The summed E-state index contributed by atoms with van der Waals surface area (Å²) in [6, 6.07) is 9.94. The molecule has 0 saturated carbocycles. The molecule has 0 fully saturated rings. The molecule has 0 aliphatic carbocycles. The number of aromatic nitrogens is 5. The number of benzene rings is 1. The molecule has 152 valence electrons. The Kier molecular flexibility index (Phi) is 5.86. The van der Waals surface area contributed by atoms with Crippen molar-refractivity contribution in [2.75, 3.05) is 5.73 Å². The second-order valence-electron chi connectivity index (χ2n) is 6.13. The predicted molar refractivity (Wildman–Crippen MR) is 114 cm³/mol. The van der Waals surface area contributed by atoms with E-state index < -0.39 is 5.91 Å². The Morgan fingerprint density at radius 3 is 2.87 bits per heavy atom. The number of amides is 1. The highest BCUT2D eigenvalue weighted by Crippen LogP contribution is 2.26. The van der Waals surface area contributed by atoms with Gasteiger partial charge in [-0.05, 0) is 46.2 Å². The van der Waals surface area contributed by atoms with Gasteiger partial charge >= 0.3 is 0 Å². The summed E-state index contributed by atoms with van der Waals surface area (Å²) >= 11 is 3.06. The number of thioether (sulfide) groups is 1.